The molecule has 0 unspecified atom stereocenters. The number of benzene rings is 3. The van der Waals surface area contributed by atoms with Gasteiger partial charge in [-0.15, -0.1) is 0 Å². The van der Waals surface area contributed by atoms with Crippen LogP contribution in [0, 0.1) is 17.1 Å². The fourth-order valence-corrected chi connectivity index (χ4v) is 3.06. The first kappa shape index (κ1) is 25.5. The maximum Gasteiger partial charge on any atom is 0.335 e. The van der Waals surface area contributed by atoms with Crippen molar-refractivity contribution in [2.75, 3.05) is 24.4 Å². The second kappa shape index (κ2) is 11.8. The van der Waals surface area contributed by atoms with Gasteiger partial charge in [0.1, 0.15) is 17.5 Å². The van der Waals surface area contributed by atoms with Gasteiger partial charge in [-0.1, -0.05) is 18.2 Å². The molecule has 0 saturated carbocycles. The SMILES string of the molecule is COc1cccc(C=C(C#N)C(=O)Nc2cccc(C(=O)O)c2)c1OCC(=O)Nc1ccc(F)cc1. The molecular weight excluding hydrogens is 469 g/mol. The number of carboxylic acids is 1. The lowest BCUT2D eigenvalue weighted by atomic mass is 10.1. The minimum atomic E-state index is -1.16. The summed E-state index contributed by atoms with van der Waals surface area (Å²) in [6.45, 7) is -0.436. The summed E-state index contributed by atoms with van der Waals surface area (Å²) in [5.41, 5.74) is 0.526. The number of amides is 2. The molecule has 3 aromatic carbocycles. The number of nitrogens with one attached hydrogen (secondary N) is 2. The van der Waals surface area contributed by atoms with E-state index in [4.69, 9.17) is 14.6 Å². The van der Waals surface area contributed by atoms with Gasteiger partial charge in [0.15, 0.2) is 18.1 Å². The van der Waals surface area contributed by atoms with Crippen molar-refractivity contribution in [2.24, 2.45) is 0 Å². The Morgan fingerprint density at radius 3 is 2.42 bits per heavy atom. The third kappa shape index (κ3) is 6.68. The predicted molar refractivity (Wildman–Crippen MR) is 129 cm³/mol. The van der Waals surface area contributed by atoms with Gasteiger partial charge in [0, 0.05) is 16.9 Å². The zero-order chi connectivity index (χ0) is 26.1. The fourth-order valence-electron chi connectivity index (χ4n) is 3.06. The number of aromatic carboxylic acids is 1. The van der Waals surface area contributed by atoms with E-state index in [0.29, 0.717) is 5.69 Å². The molecule has 3 aromatic rings. The lowest BCUT2D eigenvalue weighted by Crippen LogP contribution is -2.20. The number of methoxy groups -OCH3 is 1. The Morgan fingerprint density at radius 2 is 1.75 bits per heavy atom. The van der Waals surface area contributed by atoms with Crippen LogP contribution in [0.4, 0.5) is 15.8 Å². The third-order valence-electron chi connectivity index (χ3n) is 4.74. The molecule has 0 radical (unpaired) electrons. The van der Waals surface area contributed by atoms with Gasteiger partial charge < -0.3 is 25.2 Å². The fraction of sp³-hybridized carbons (Fsp3) is 0.0769. The van der Waals surface area contributed by atoms with Gasteiger partial charge in [0.2, 0.25) is 0 Å². The van der Waals surface area contributed by atoms with Crippen LogP contribution in [0.2, 0.25) is 0 Å². The molecule has 9 nitrogen and oxygen atoms in total. The van der Waals surface area contributed by atoms with E-state index in [1.807, 2.05) is 0 Å². The Balaban J connectivity index is 1.79. The van der Waals surface area contributed by atoms with Crippen LogP contribution in [0.5, 0.6) is 11.5 Å². The zero-order valence-electron chi connectivity index (χ0n) is 18.9. The van der Waals surface area contributed by atoms with Gasteiger partial charge in [0.25, 0.3) is 11.8 Å². The number of nitrogens with zero attached hydrogens (tertiary/aromatic N) is 1. The van der Waals surface area contributed by atoms with Crippen LogP contribution in [0.1, 0.15) is 15.9 Å². The summed E-state index contributed by atoms with van der Waals surface area (Å²) in [5, 5.41) is 23.7. The molecule has 36 heavy (non-hydrogen) atoms. The second-order valence-electron chi connectivity index (χ2n) is 7.23. The van der Waals surface area contributed by atoms with Crippen molar-refractivity contribution in [1.29, 1.82) is 5.26 Å². The van der Waals surface area contributed by atoms with E-state index in [2.05, 4.69) is 10.6 Å². The molecule has 0 bridgehead atoms. The number of hydrogen-bond donors (Lipinski definition) is 3. The zero-order valence-corrected chi connectivity index (χ0v) is 18.9. The van der Waals surface area contributed by atoms with Crippen LogP contribution in [-0.2, 0) is 9.59 Å². The maximum atomic E-state index is 13.1. The summed E-state index contributed by atoms with van der Waals surface area (Å²) in [6.07, 6.45) is 1.26. The largest absolute Gasteiger partial charge is 0.493 e. The van der Waals surface area contributed by atoms with E-state index >= 15 is 0 Å². The number of halogens is 1. The molecule has 0 heterocycles. The molecule has 3 N–H and O–H groups in total. The first-order valence-corrected chi connectivity index (χ1v) is 10.4. The van der Waals surface area contributed by atoms with E-state index in [-0.39, 0.29) is 33.9 Å². The van der Waals surface area contributed by atoms with Gasteiger partial charge in [-0.25, -0.2) is 9.18 Å². The molecule has 0 aliphatic rings. The highest BCUT2D eigenvalue weighted by Crippen LogP contribution is 2.33. The minimum absolute atomic E-state index is 0.0299. The summed E-state index contributed by atoms with van der Waals surface area (Å²) in [5.74, 6) is -2.54. The molecule has 0 aromatic heterocycles. The quantitative estimate of drug-likeness (QED) is 0.304. The average molecular weight is 489 g/mol. The Kier molecular flexibility index (Phi) is 8.35. The highest BCUT2D eigenvalue weighted by Gasteiger charge is 2.16. The van der Waals surface area contributed by atoms with E-state index < -0.39 is 30.2 Å². The van der Waals surface area contributed by atoms with Gasteiger partial charge in [0.05, 0.1) is 12.7 Å². The summed E-state index contributed by atoms with van der Waals surface area (Å²) >= 11 is 0. The minimum Gasteiger partial charge on any atom is -0.493 e. The number of rotatable bonds is 9. The van der Waals surface area contributed by atoms with Gasteiger partial charge >= 0.3 is 5.97 Å². The van der Waals surface area contributed by atoms with Gasteiger partial charge in [-0.2, -0.15) is 5.26 Å². The lowest BCUT2D eigenvalue weighted by Gasteiger charge is -2.14. The molecule has 2 amide bonds. The number of para-hydroxylation sites is 1. The molecule has 3 rings (SSSR count). The average Bonchev–Trinajstić information content (AvgIpc) is 2.87. The van der Waals surface area contributed by atoms with Crippen LogP contribution in [-0.4, -0.2) is 36.6 Å². The Labute approximate surface area is 205 Å². The molecule has 182 valence electrons. The summed E-state index contributed by atoms with van der Waals surface area (Å²) < 4.78 is 24.0. The summed E-state index contributed by atoms with van der Waals surface area (Å²) in [4.78, 5) is 36.1. The predicted octanol–water partition coefficient (Wildman–Crippen LogP) is 4.10. The van der Waals surface area contributed by atoms with Crippen molar-refractivity contribution in [1.82, 2.24) is 0 Å². The molecule has 10 heteroatoms. The van der Waals surface area contributed by atoms with Crippen LogP contribution in [0.15, 0.2) is 72.3 Å². The first-order valence-electron chi connectivity index (χ1n) is 10.4. The number of carbonyl (C=O) groups excluding carboxylic acids is 2. The second-order valence-corrected chi connectivity index (χ2v) is 7.23. The van der Waals surface area contributed by atoms with Crippen molar-refractivity contribution in [3.05, 3.63) is 89.2 Å². The van der Waals surface area contributed by atoms with Crippen molar-refractivity contribution in [2.45, 2.75) is 0 Å². The topological polar surface area (TPSA) is 138 Å². The van der Waals surface area contributed by atoms with Crippen LogP contribution in [0.25, 0.3) is 6.08 Å². The number of ether oxygens (including phenoxy) is 2. The van der Waals surface area contributed by atoms with E-state index in [0.717, 1.165) is 0 Å². The first-order chi connectivity index (χ1) is 17.3. The lowest BCUT2D eigenvalue weighted by molar-refractivity contribution is -0.118. The van der Waals surface area contributed by atoms with E-state index in [1.54, 1.807) is 24.3 Å². The molecular formula is C26H20FN3O6. The van der Waals surface area contributed by atoms with Crippen molar-refractivity contribution < 1.29 is 33.4 Å². The highest BCUT2D eigenvalue weighted by atomic mass is 19.1. The Bertz CT molecular complexity index is 1360. The number of anilines is 2. The summed E-state index contributed by atoms with van der Waals surface area (Å²) in [6, 6.07) is 17.3. The molecule has 0 aliphatic carbocycles. The highest BCUT2D eigenvalue weighted by molar-refractivity contribution is 6.10. The number of carbonyl (C=O) groups is 3. The Hall–Kier alpha value is -5.17. The monoisotopic (exact) mass is 489 g/mol. The maximum absolute atomic E-state index is 13.1. The van der Waals surface area contributed by atoms with Crippen molar-refractivity contribution in [3.63, 3.8) is 0 Å². The van der Waals surface area contributed by atoms with E-state index in [9.17, 15) is 24.0 Å². The number of hydrogen-bond acceptors (Lipinski definition) is 6. The van der Waals surface area contributed by atoms with Gasteiger partial charge in [-0.05, 0) is 54.6 Å². The normalized spacial score (nSPS) is 10.6. The molecule has 0 fully saturated rings. The molecule has 0 saturated heterocycles. The summed E-state index contributed by atoms with van der Waals surface area (Å²) in [7, 11) is 1.39. The van der Waals surface area contributed by atoms with Crippen LogP contribution < -0.4 is 20.1 Å². The smallest absolute Gasteiger partial charge is 0.335 e. The molecule has 0 aliphatic heterocycles. The van der Waals surface area contributed by atoms with Crippen molar-refractivity contribution >= 4 is 35.2 Å². The Morgan fingerprint density at radius 1 is 1.03 bits per heavy atom. The van der Waals surface area contributed by atoms with E-state index in [1.165, 1.54) is 61.7 Å². The third-order valence-corrected chi connectivity index (χ3v) is 4.74. The van der Waals surface area contributed by atoms with Gasteiger partial charge in [-0.3, -0.25) is 9.59 Å². The van der Waals surface area contributed by atoms with Crippen LogP contribution >= 0.6 is 0 Å². The van der Waals surface area contributed by atoms with Crippen molar-refractivity contribution in [3.8, 4) is 17.6 Å². The van der Waals surface area contributed by atoms with Crippen LogP contribution in [0.3, 0.4) is 0 Å². The number of nitriles is 1. The number of carboxylic acid groups (broad SMARTS) is 1. The molecule has 0 atom stereocenters. The molecule has 0 spiro atoms. The standard InChI is InChI=1S/C26H20FN3O6/c1-35-22-7-3-4-16(24(22)36-15-23(31)29-20-10-8-19(27)9-11-20)12-18(14-28)25(32)30-21-6-2-5-17(13-21)26(33)34/h2-13H,15H2,1H3,(H,29,31)(H,30,32)(H,33,34).